The van der Waals surface area contributed by atoms with E-state index in [9.17, 15) is 0 Å². The Kier molecular flexibility index (Phi) is 12.4. The van der Waals surface area contributed by atoms with Crippen LogP contribution in [-0.4, -0.2) is 29.1 Å². The molecule has 7 aromatic carbocycles. The van der Waals surface area contributed by atoms with Crippen molar-refractivity contribution in [2.45, 2.75) is 37.5 Å². The average molecular weight is 1130 g/mol. The number of benzene rings is 7. The summed E-state index contributed by atoms with van der Waals surface area (Å²) in [5.74, 6) is 0.477. The van der Waals surface area contributed by atoms with E-state index in [0.29, 0.717) is 5.92 Å². The number of pyridine rings is 4. The number of rotatable bonds is 10. The largest absolute Gasteiger partial charge is 0.313 e. The zero-order chi connectivity index (χ0) is 57.4. The molecule has 0 saturated heterocycles. The van der Waals surface area contributed by atoms with Crippen molar-refractivity contribution >= 4 is 72.0 Å². The van der Waals surface area contributed by atoms with Gasteiger partial charge in [0.2, 0.25) is 0 Å². The van der Waals surface area contributed by atoms with Crippen molar-refractivity contribution < 1.29 is 0 Å². The van der Waals surface area contributed by atoms with Crippen LogP contribution in [0.3, 0.4) is 0 Å². The second-order valence-electron chi connectivity index (χ2n) is 23.3. The number of aryl methyl sites for hydroxylation is 1. The van der Waals surface area contributed by atoms with Gasteiger partial charge in [0, 0.05) is 143 Å². The second kappa shape index (κ2) is 21.2. The molecule has 7 aromatic heterocycles. The van der Waals surface area contributed by atoms with Gasteiger partial charge in [-0.05, 0) is 172 Å². The van der Waals surface area contributed by atoms with Crippen LogP contribution < -0.4 is 0 Å². The van der Waals surface area contributed by atoms with E-state index in [-0.39, 0.29) is 5.92 Å². The SMILES string of the molecule is C1=CCC(c2cncc(-c3ccc4c(c3)c3c(n4-c4ccc5sc6c(c5c4)C=C(n4c5ccc(-c7cncc(-c8ccccc8)c7)cc5c5cc(-c7cncc(-c8ccccc8)c7)ccc54)CC6)C=CC(c4cncc(-c5ccccc5)c4)C3)c2)C=C1. The molecule has 3 aliphatic rings. The zero-order valence-electron chi connectivity index (χ0n) is 47.6. The van der Waals surface area contributed by atoms with Gasteiger partial charge in [0.15, 0.2) is 0 Å². The standard InChI is InChI=1S/C80H56N6S/c1-5-13-51(14-6-1)59-33-63(47-81-43-59)55-21-27-75-69(37-55)70-38-56(64-34-60(44-82-48-64)52-15-7-2-8-16-52)22-28-76(70)85(75)67-25-31-79-73(41-67)74-42-68(26-32-80(74)87-79)86-77-29-23-57(65-35-61(45-83-49-65)53-17-9-3-10-18-53)39-71(77)72-40-58(24-30-78(72)86)66-36-62(46-84-50-66)54-19-11-4-12-20-54/h1-19,21-24,26-30,32-38,40-50,54,57H,20,25,31,39H2. The number of hydrogen-bond acceptors (Lipinski definition) is 5. The molecule has 7 heteroatoms. The van der Waals surface area contributed by atoms with Gasteiger partial charge in [-0.3, -0.25) is 19.9 Å². The lowest BCUT2D eigenvalue weighted by Crippen LogP contribution is -2.08. The molecule has 0 amide bonds. The molecule has 87 heavy (non-hydrogen) atoms. The average Bonchev–Trinajstić information content (AvgIpc) is 2.20. The Morgan fingerprint density at radius 3 is 1.48 bits per heavy atom. The summed E-state index contributed by atoms with van der Waals surface area (Å²) in [6, 6.07) is 69.1. The zero-order valence-corrected chi connectivity index (χ0v) is 48.4. The number of allylic oxidation sites excluding steroid dienone is 6. The normalized spacial score (nSPS) is 15.3. The van der Waals surface area contributed by atoms with Crippen LogP contribution in [0.1, 0.15) is 57.5 Å². The first kappa shape index (κ1) is 50.9. The van der Waals surface area contributed by atoms with Crippen molar-refractivity contribution in [2.75, 3.05) is 0 Å². The fraction of sp³-hybridized carbons (Fsp3) is 0.0750. The van der Waals surface area contributed by atoms with Crippen LogP contribution in [-0.2, 0) is 12.8 Å². The Morgan fingerprint density at radius 2 is 0.908 bits per heavy atom. The molecule has 7 heterocycles. The Balaban J connectivity index is 0.794. The first-order chi connectivity index (χ1) is 43.1. The second-order valence-corrected chi connectivity index (χ2v) is 24.5. The molecule has 0 spiro atoms. The van der Waals surface area contributed by atoms with Crippen molar-refractivity contribution in [1.82, 2.24) is 29.1 Å². The van der Waals surface area contributed by atoms with Gasteiger partial charge >= 0.3 is 0 Å². The molecule has 14 aromatic rings. The summed E-state index contributed by atoms with van der Waals surface area (Å²) in [7, 11) is 0. The minimum atomic E-state index is 0.159. The van der Waals surface area contributed by atoms with Crippen molar-refractivity contribution in [1.29, 1.82) is 0 Å². The van der Waals surface area contributed by atoms with Crippen LogP contribution in [0.2, 0.25) is 0 Å². The summed E-state index contributed by atoms with van der Waals surface area (Å²) in [6.45, 7) is 0. The van der Waals surface area contributed by atoms with Gasteiger partial charge in [-0.2, -0.15) is 0 Å². The van der Waals surface area contributed by atoms with Gasteiger partial charge in [-0.1, -0.05) is 140 Å². The number of thiophene rings is 1. The van der Waals surface area contributed by atoms with Crippen molar-refractivity contribution in [3.63, 3.8) is 0 Å². The smallest absolute Gasteiger partial charge is 0.0538 e. The van der Waals surface area contributed by atoms with Gasteiger partial charge in [-0.25, -0.2) is 0 Å². The summed E-state index contributed by atoms with van der Waals surface area (Å²) < 4.78 is 6.36. The molecule has 0 N–H and O–H groups in total. The van der Waals surface area contributed by atoms with Crippen molar-refractivity contribution in [3.8, 4) is 72.4 Å². The first-order valence-corrected chi connectivity index (χ1v) is 30.9. The number of nitrogens with zero attached hydrogens (tertiary/aromatic N) is 6. The van der Waals surface area contributed by atoms with E-state index in [1.807, 2.05) is 54.7 Å². The molecular weight excluding hydrogens is 1080 g/mol. The Bertz CT molecular complexity index is 5030. The molecule has 0 aliphatic heterocycles. The molecule has 412 valence electrons. The van der Waals surface area contributed by atoms with Crippen LogP contribution in [0, 0.1) is 0 Å². The molecular formula is C80H56N6S. The van der Waals surface area contributed by atoms with Gasteiger partial charge in [0.25, 0.3) is 0 Å². The third-order valence-corrected chi connectivity index (χ3v) is 19.4. The number of aromatic nitrogens is 6. The highest BCUT2D eigenvalue weighted by molar-refractivity contribution is 7.19. The maximum Gasteiger partial charge on any atom is 0.0538 e. The van der Waals surface area contributed by atoms with Crippen LogP contribution in [0.5, 0.6) is 0 Å². The lowest BCUT2D eigenvalue weighted by Gasteiger charge is -2.20. The van der Waals surface area contributed by atoms with Crippen LogP contribution >= 0.6 is 11.3 Å². The van der Waals surface area contributed by atoms with Gasteiger partial charge in [0.1, 0.15) is 0 Å². The van der Waals surface area contributed by atoms with Crippen molar-refractivity contribution in [2.24, 2.45) is 0 Å². The lowest BCUT2D eigenvalue weighted by molar-refractivity contribution is 0.820. The van der Waals surface area contributed by atoms with Crippen LogP contribution in [0.25, 0.3) is 133 Å². The van der Waals surface area contributed by atoms with Crippen LogP contribution in [0.15, 0.2) is 268 Å². The van der Waals surface area contributed by atoms with Crippen LogP contribution in [0.4, 0.5) is 0 Å². The third-order valence-electron chi connectivity index (χ3n) is 18.2. The monoisotopic (exact) mass is 1130 g/mol. The summed E-state index contributed by atoms with van der Waals surface area (Å²) in [4.78, 5) is 20.6. The van der Waals surface area contributed by atoms with E-state index in [1.165, 1.54) is 92.4 Å². The highest BCUT2D eigenvalue weighted by Crippen LogP contribution is 2.46. The maximum absolute atomic E-state index is 4.81. The quantitative estimate of drug-likeness (QED) is 0.137. The fourth-order valence-corrected chi connectivity index (χ4v) is 15.0. The minimum absolute atomic E-state index is 0.159. The molecule has 0 bridgehead atoms. The molecule has 2 unspecified atom stereocenters. The lowest BCUT2D eigenvalue weighted by atomic mass is 9.86. The number of fused-ring (bicyclic) bond motifs is 9. The van der Waals surface area contributed by atoms with E-state index in [0.717, 1.165) is 87.0 Å². The number of hydrogen-bond donors (Lipinski definition) is 0. The predicted octanol–water partition coefficient (Wildman–Crippen LogP) is 20.4. The Labute approximate surface area is 508 Å². The minimum Gasteiger partial charge on any atom is -0.313 e. The summed E-state index contributed by atoms with van der Waals surface area (Å²) in [6.07, 6.45) is 35.8. The highest BCUT2D eigenvalue weighted by Gasteiger charge is 2.27. The summed E-state index contributed by atoms with van der Waals surface area (Å²) in [5.41, 5.74) is 25.9. The fourth-order valence-electron chi connectivity index (χ4n) is 13.8. The van der Waals surface area contributed by atoms with Gasteiger partial charge < -0.3 is 9.13 Å². The maximum atomic E-state index is 4.81. The third kappa shape index (κ3) is 9.09. The molecule has 3 aliphatic carbocycles. The first-order valence-electron chi connectivity index (χ1n) is 30.1. The van der Waals surface area contributed by atoms with E-state index in [4.69, 9.17) is 19.9 Å². The van der Waals surface area contributed by atoms with E-state index in [1.54, 1.807) is 0 Å². The van der Waals surface area contributed by atoms with Gasteiger partial charge in [-0.15, -0.1) is 11.3 Å². The molecule has 17 rings (SSSR count). The topological polar surface area (TPSA) is 61.4 Å². The molecule has 0 radical (unpaired) electrons. The van der Waals surface area contributed by atoms with E-state index >= 15 is 0 Å². The van der Waals surface area contributed by atoms with E-state index in [2.05, 4.69) is 246 Å². The molecule has 0 fully saturated rings. The molecule has 0 saturated carbocycles. The van der Waals surface area contributed by atoms with E-state index < -0.39 is 0 Å². The molecule has 2 atom stereocenters. The van der Waals surface area contributed by atoms with Gasteiger partial charge in [0.05, 0.1) is 16.6 Å². The predicted molar refractivity (Wildman–Crippen MR) is 362 cm³/mol. The molecule has 6 nitrogen and oxygen atoms in total. The summed E-state index contributed by atoms with van der Waals surface area (Å²) >= 11 is 1.94. The van der Waals surface area contributed by atoms with Crippen molar-refractivity contribution in [3.05, 3.63) is 301 Å². The Hall–Kier alpha value is -10.6. The highest BCUT2D eigenvalue weighted by atomic mass is 32.1. The Morgan fingerprint density at radius 1 is 0.391 bits per heavy atom. The summed E-state index contributed by atoms with van der Waals surface area (Å²) in [5, 5.41) is 4.96.